The first-order valence-corrected chi connectivity index (χ1v) is 7.76. The van der Waals surface area contributed by atoms with Gasteiger partial charge >= 0.3 is 5.97 Å². The van der Waals surface area contributed by atoms with E-state index in [1.54, 1.807) is 24.8 Å². The first-order chi connectivity index (χ1) is 10.2. The minimum atomic E-state index is -0.365. The number of ether oxygens (including phenoxy) is 1. The van der Waals surface area contributed by atoms with Gasteiger partial charge in [0.05, 0.1) is 6.61 Å². The van der Waals surface area contributed by atoms with E-state index in [0.29, 0.717) is 11.6 Å². The Hall–Kier alpha value is -1.71. The van der Waals surface area contributed by atoms with E-state index >= 15 is 0 Å². The van der Waals surface area contributed by atoms with Crippen LogP contribution in [0.5, 0.6) is 0 Å². The van der Waals surface area contributed by atoms with Crippen LogP contribution in [0.25, 0.3) is 6.08 Å². The summed E-state index contributed by atoms with van der Waals surface area (Å²) in [6.45, 7) is 2.14. The van der Waals surface area contributed by atoms with Gasteiger partial charge < -0.3 is 4.74 Å². The number of carbonyl (C=O) groups excluding carboxylic acids is 1. The average Bonchev–Trinajstić information content (AvgIpc) is 2.48. The van der Waals surface area contributed by atoms with Gasteiger partial charge in [-0.05, 0) is 42.8 Å². The molecule has 4 heteroatoms. The van der Waals surface area contributed by atoms with Gasteiger partial charge in [0.2, 0.25) is 0 Å². The van der Waals surface area contributed by atoms with Crippen molar-refractivity contribution in [2.45, 2.75) is 16.7 Å². The van der Waals surface area contributed by atoms with Gasteiger partial charge in [-0.1, -0.05) is 47.6 Å². The third-order valence-corrected chi connectivity index (χ3v) is 3.96. The van der Waals surface area contributed by atoms with Crippen LogP contribution in [0.2, 0.25) is 5.02 Å². The van der Waals surface area contributed by atoms with Gasteiger partial charge in [-0.2, -0.15) is 0 Å². The summed E-state index contributed by atoms with van der Waals surface area (Å²) >= 11 is 7.88. The predicted octanol–water partition coefficient (Wildman–Crippen LogP) is 5.07. The largest absolute Gasteiger partial charge is 0.463 e. The van der Waals surface area contributed by atoms with Crippen molar-refractivity contribution < 1.29 is 9.53 Å². The van der Waals surface area contributed by atoms with Crippen molar-refractivity contribution in [1.29, 1.82) is 0 Å². The van der Waals surface area contributed by atoms with E-state index in [2.05, 4.69) is 0 Å². The molecular weight excluding hydrogens is 304 g/mol. The highest BCUT2D eigenvalue weighted by Crippen LogP contribution is 2.31. The quantitative estimate of drug-likeness (QED) is 0.569. The van der Waals surface area contributed by atoms with Gasteiger partial charge in [-0.25, -0.2) is 4.79 Å². The summed E-state index contributed by atoms with van der Waals surface area (Å²) in [4.78, 5) is 13.5. The number of esters is 1. The lowest BCUT2D eigenvalue weighted by atomic mass is 10.2. The second kappa shape index (κ2) is 7.91. The van der Waals surface area contributed by atoms with Crippen LogP contribution < -0.4 is 0 Å². The molecule has 0 aliphatic rings. The smallest absolute Gasteiger partial charge is 0.330 e. The SMILES string of the molecule is CCOC(=O)C=Cc1ccc(Sc2ccccc2)cc1Cl. The van der Waals surface area contributed by atoms with E-state index in [1.807, 2.05) is 48.5 Å². The minimum Gasteiger partial charge on any atom is -0.463 e. The van der Waals surface area contributed by atoms with Crippen molar-refractivity contribution in [3.63, 3.8) is 0 Å². The highest BCUT2D eigenvalue weighted by Gasteiger charge is 2.02. The van der Waals surface area contributed by atoms with Crippen LogP contribution in [0.3, 0.4) is 0 Å². The monoisotopic (exact) mass is 318 g/mol. The summed E-state index contributed by atoms with van der Waals surface area (Å²) < 4.78 is 4.83. The number of hydrogen-bond acceptors (Lipinski definition) is 3. The van der Waals surface area contributed by atoms with Crippen molar-refractivity contribution in [3.8, 4) is 0 Å². The highest BCUT2D eigenvalue weighted by molar-refractivity contribution is 7.99. The van der Waals surface area contributed by atoms with Gasteiger partial charge in [0.15, 0.2) is 0 Å². The lowest BCUT2D eigenvalue weighted by Crippen LogP contribution is -1.98. The molecule has 0 aliphatic heterocycles. The molecule has 0 atom stereocenters. The van der Waals surface area contributed by atoms with Gasteiger partial charge in [0.1, 0.15) is 0 Å². The molecule has 0 saturated carbocycles. The molecule has 2 aromatic carbocycles. The van der Waals surface area contributed by atoms with E-state index < -0.39 is 0 Å². The maximum atomic E-state index is 11.3. The maximum Gasteiger partial charge on any atom is 0.330 e. The summed E-state index contributed by atoms with van der Waals surface area (Å²) in [6, 6.07) is 15.9. The molecule has 0 heterocycles. The topological polar surface area (TPSA) is 26.3 Å². The molecule has 2 rings (SSSR count). The molecule has 108 valence electrons. The standard InChI is InChI=1S/C17H15ClO2S/c1-2-20-17(19)11-9-13-8-10-15(12-16(13)18)21-14-6-4-3-5-7-14/h3-12H,2H2,1H3. The second-order valence-corrected chi connectivity index (χ2v) is 5.74. The molecule has 0 unspecified atom stereocenters. The second-order valence-electron chi connectivity index (χ2n) is 4.18. The van der Waals surface area contributed by atoms with Crippen molar-refractivity contribution in [3.05, 3.63) is 65.2 Å². The molecule has 0 spiro atoms. The van der Waals surface area contributed by atoms with Gasteiger partial charge in [-0.15, -0.1) is 0 Å². The predicted molar refractivity (Wildman–Crippen MR) is 87.7 cm³/mol. The zero-order chi connectivity index (χ0) is 15.1. The van der Waals surface area contributed by atoms with Gasteiger partial charge in [-0.3, -0.25) is 0 Å². The summed E-state index contributed by atoms with van der Waals surface area (Å²) in [5.41, 5.74) is 0.794. The van der Waals surface area contributed by atoms with E-state index in [-0.39, 0.29) is 5.97 Å². The molecule has 0 radical (unpaired) electrons. The molecule has 2 aromatic rings. The van der Waals surface area contributed by atoms with Crippen molar-refractivity contribution in [1.82, 2.24) is 0 Å². The zero-order valence-corrected chi connectivity index (χ0v) is 13.2. The van der Waals surface area contributed by atoms with Gasteiger partial charge in [0, 0.05) is 20.9 Å². The normalized spacial score (nSPS) is 10.8. The van der Waals surface area contributed by atoms with Crippen LogP contribution in [0.15, 0.2) is 64.4 Å². The van der Waals surface area contributed by atoms with Crippen molar-refractivity contribution in [2.75, 3.05) is 6.61 Å². The minimum absolute atomic E-state index is 0.365. The zero-order valence-electron chi connectivity index (χ0n) is 11.6. The number of hydrogen-bond donors (Lipinski definition) is 0. The number of benzene rings is 2. The fraction of sp³-hybridized carbons (Fsp3) is 0.118. The molecule has 0 aliphatic carbocycles. The fourth-order valence-electron chi connectivity index (χ4n) is 1.68. The Morgan fingerprint density at radius 1 is 1.19 bits per heavy atom. The lowest BCUT2D eigenvalue weighted by molar-refractivity contribution is -0.137. The van der Waals surface area contributed by atoms with Crippen LogP contribution in [0.4, 0.5) is 0 Å². The summed E-state index contributed by atoms with van der Waals surface area (Å²) in [5.74, 6) is -0.365. The first-order valence-electron chi connectivity index (χ1n) is 6.56. The molecule has 0 saturated heterocycles. The van der Waals surface area contributed by atoms with E-state index in [9.17, 15) is 4.79 Å². The summed E-state index contributed by atoms with van der Waals surface area (Å²) in [7, 11) is 0. The maximum absolute atomic E-state index is 11.3. The van der Waals surface area contributed by atoms with E-state index in [1.165, 1.54) is 6.08 Å². The first kappa shape index (κ1) is 15.7. The van der Waals surface area contributed by atoms with E-state index in [4.69, 9.17) is 16.3 Å². The van der Waals surface area contributed by atoms with Crippen LogP contribution in [0.1, 0.15) is 12.5 Å². The summed E-state index contributed by atoms with van der Waals surface area (Å²) in [6.07, 6.45) is 3.05. The third kappa shape index (κ3) is 4.96. The third-order valence-electron chi connectivity index (χ3n) is 2.64. The van der Waals surface area contributed by atoms with Crippen LogP contribution in [-0.2, 0) is 9.53 Å². The molecule has 0 fully saturated rings. The van der Waals surface area contributed by atoms with Crippen molar-refractivity contribution >= 4 is 35.4 Å². The van der Waals surface area contributed by atoms with Crippen LogP contribution in [0, 0.1) is 0 Å². The Labute approximate surface area is 133 Å². The Kier molecular flexibility index (Phi) is 5.90. The average molecular weight is 319 g/mol. The molecule has 2 nitrogen and oxygen atoms in total. The molecule has 0 aromatic heterocycles. The molecule has 0 amide bonds. The number of rotatable bonds is 5. The highest BCUT2D eigenvalue weighted by atomic mass is 35.5. The Morgan fingerprint density at radius 2 is 1.95 bits per heavy atom. The van der Waals surface area contributed by atoms with E-state index in [0.717, 1.165) is 15.4 Å². The van der Waals surface area contributed by atoms with Crippen molar-refractivity contribution in [2.24, 2.45) is 0 Å². The fourth-order valence-corrected chi connectivity index (χ4v) is 2.87. The number of halogens is 1. The van der Waals surface area contributed by atoms with Gasteiger partial charge in [0.25, 0.3) is 0 Å². The Bertz CT molecular complexity index is 638. The van der Waals surface area contributed by atoms with Crippen LogP contribution >= 0.6 is 23.4 Å². The molecule has 0 N–H and O–H groups in total. The number of carbonyl (C=O) groups is 1. The Balaban J connectivity index is 2.09. The molecule has 21 heavy (non-hydrogen) atoms. The Morgan fingerprint density at radius 3 is 2.62 bits per heavy atom. The molecule has 0 bridgehead atoms. The summed E-state index contributed by atoms with van der Waals surface area (Å²) in [5, 5.41) is 0.608. The lowest BCUT2D eigenvalue weighted by Gasteiger charge is -2.04. The van der Waals surface area contributed by atoms with Crippen LogP contribution in [-0.4, -0.2) is 12.6 Å². The molecular formula is C17H15ClO2S.